The van der Waals surface area contributed by atoms with Crippen molar-refractivity contribution in [2.75, 3.05) is 19.6 Å². The van der Waals surface area contributed by atoms with Gasteiger partial charge in [0.2, 0.25) is 5.91 Å². The van der Waals surface area contributed by atoms with Crippen molar-refractivity contribution in [3.05, 3.63) is 35.1 Å². The van der Waals surface area contributed by atoms with E-state index in [-0.39, 0.29) is 5.91 Å². The monoisotopic (exact) mass is 328 g/mol. The first-order chi connectivity index (χ1) is 11.2. The maximum absolute atomic E-state index is 11.8. The van der Waals surface area contributed by atoms with E-state index in [9.17, 15) is 4.79 Å². The summed E-state index contributed by atoms with van der Waals surface area (Å²) in [6, 6.07) is 6.04. The van der Waals surface area contributed by atoms with Gasteiger partial charge < -0.3 is 10.2 Å². The van der Waals surface area contributed by atoms with Gasteiger partial charge in [0, 0.05) is 13.1 Å². The predicted molar refractivity (Wildman–Crippen MR) is 87.6 cm³/mol. The fourth-order valence-corrected chi connectivity index (χ4v) is 3.54. The first-order valence-electron chi connectivity index (χ1n) is 7.46. The molecule has 23 heavy (non-hydrogen) atoms. The lowest BCUT2D eigenvalue weighted by molar-refractivity contribution is -0.132. The van der Waals surface area contributed by atoms with Gasteiger partial charge in [0.25, 0.3) is 0 Å². The van der Waals surface area contributed by atoms with Crippen LogP contribution in [-0.2, 0) is 11.3 Å². The molecule has 7 nitrogen and oxygen atoms in total. The number of aryl methyl sites for hydroxylation is 1. The number of fused-ring (bicyclic) bond motifs is 1. The summed E-state index contributed by atoms with van der Waals surface area (Å²) in [5, 5.41) is 12.5. The number of hydrogen-bond donors (Lipinski definition) is 1. The minimum absolute atomic E-state index is 0.104. The molecule has 3 heterocycles. The summed E-state index contributed by atoms with van der Waals surface area (Å²) in [7, 11) is 0. The molecule has 1 N–H and O–H groups in total. The Morgan fingerprint density at radius 1 is 1.39 bits per heavy atom. The zero-order chi connectivity index (χ0) is 15.8. The molecule has 1 aliphatic rings. The van der Waals surface area contributed by atoms with Crippen LogP contribution in [0.25, 0.3) is 15.9 Å². The second-order valence-corrected chi connectivity index (χ2v) is 6.77. The Morgan fingerprint density at radius 2 is 2.30 bits per heavy atom. The molecule has 3 aromatic rings. The molecule has 1 saturated heterocycles. The number of hydrogen-bond acceptors (Lipinski definition) is 6. The Labute approximate surface area is 136 Å². The first kappa shape index (κ1) is 14.3. The number of carbonyl (C=O) groups excluding carboxylic acids is 1. The minimum Gasteiger partial charge on any atom is -0.334 e. The molecule has 0 saturated carbocycles. The summed E-state index contributed by atoms with van der Waals surface area (Å²) >= 11 is 1.66. The first-order valence-corrected chi connectivity index (χ1v) is 8.28. The lowest BCUT2D eigenvalue weighted by Gasteiger charge is -2.26. The third kappa shape index (κ3) is 2.82. The van der Waals surface area contributed by atoms with Crippen molar-refractivity contribution in [1.82, 2.24) is 30.2 Å². The van der Waals surface area contributed by atoms with Gasteiger partial charge >= 0.3 is 0 Å². The third-order valence-corrected chi connectivity index (χ3v) is 4.76. The molecule has 0 atom stereocenters. The Hall–Kier alpha value is -2.32. The molecule has 1 aromatic carbocycles. The topological polar surface area (TPSA) is 75.9 Å². The summed E-state index contributed by atoms with van der Waals surface area (Å²) in [5.41, 5.74) is 2.75. The molecule has 1 amide bonds. The number of piperazine rings is 1. The van der Waals surface area contributed by atoms with E-state index in [0.717, 1.165) is 33.2 Å². The van der Waals surface area contributed by atoms with E-state index in [4.69, 9.17) is 0 Å². The van der Waals surface area contributed by atoms with Crippen molar-refractivity contribution in [2.45, 2.75) is 13.5 Å². The van der Waals surface area contributed by atoms with Gasteiger partial charge in [-0.2, -0.15) is 0 Å². The van der Waals surface area contributed by atoms with Gasteiger partial charge in [-0.3, -0.25) is 4.79 Å². The van der Waals surface area contributed by atoms with Gasteiger partial charge in [0.15, 0.2) is 0 Å². The number of thiazole rings is 1. The number of nitrogens with one attached hydrogen (secondary N) is 1. The number of benzene rings is 1. The van der Waals surface area contributed by atoms with Crippen LogP contribution in [0.5, 0.6) is 0 Å². The molecule has 118 valence electrons. The van der Waals surface area contributed by atoms with Gasteiger partial charge in [-0.1, -0.05) is 5.21 Å². The molecular weight excluding hydrogens is 312 g/mol. The maximum atomic E-state index is 11.8. The minimum atomic E-state index is 0.104. The highest BCUT2D eigenvalue weighted by Crippen LogP contribution is 2.24. The SMILES string of the molecule is Cc1nc2ccc(-n3cc(CN4CCNCC4=O)nn3)cc2s1. The predicted octanol–water partition coefficient (Wildman–Crippen LogP) is 1.12. The van der Waals surface area contributed by atoms with Crippen LogP contribution in [0, 0.1) is 6.92 Å². The number of nitrogens with zero attached hydrogens (tertiary/aromatic N) is 5. The Balaban J connectivity index is 1.57. The number of amides is 1. The van der Waals surface area contributed by atoms with Gasteiger partial charge in [0.1, 0.15) is 5.69 Å². The van der Waals surface area contributed by atoms with E-state index in [1.165, 1.54) is 0 Å². The normalized spacial score (nSPS) is 15.5. The van der Waals surface area contributed by atoms with Crippen molar-refractivity contribution in [2.24, 2.45) is 0 Å². The van der Waals surface area contributed by atoms with Gasteiger partial charge in [-0.25, -0.2) is 9.67 Å². The Morgan fingerprint density at radius 3 is 3.17 bits per heavy atom. The zero-order valence-electron chi connectivity index (χ0n) is 12.7. The molecule has 0 unspecified atom stereocenters. The number of aromatic nitrogens is 4. The summed E-state index contributed by atoms with van der Waals surface area (Å²) in [4.78, 5) is 18.1. The van der Waals surface area contributed by atoms with E-state index in [0.29, 0.717) is 19.6 Å². The molecular formula is C15H16N6OS. The number of carbonyl (C=O) groups is 1. The second kappa shape index (κ2) is 5.71. The van der Waals surface area contributed by atoms with E-state index < -0.39 is 0 Å². The second-order valence-electron chi connectivity index (χ2n) is 5.53. The zero-order valence-corrected chi connectivity index (χ0v) is 13.5. The Bertz CT molecular complexity index is 870. The lowest BCUT2D eigenvalue weighted by Crippen LogP contribution is -2.47. The van der Waals surface area contributed by atoms with Gasteiger partial charge in [-0.05, 0) is 25.1 Å². The number of rotatable bonds is 3. The molecule has 0 spiro atoms. The average molecular weight is 328 g/mol. The molecule has 1 fully saturated rings. The van der Waals surface area contributed by atoms with Crippen molar-refractivity contribution in [1.29, 1.82) is 0 Å². The molecule has 2 aromatic heterocycles. The summed E-state index contributed by atoms with van der Waals surface area (Å²) in [6.45, 7) is 4.43. The fraction of sp³-hybridized carbons (Fsp3) is 0.333. The van der Waals surface area contributed by atoms with Gasteiger partial charge in [-0.15, -0.1) is 16.4 Å². The van der Waals surface area contributed by atoms with Crippen LogP contribution in [0.3, 0.4) is 0 Å². The van der Waals surface area contributed by atoms with Crippen molar-refractivity contribution in [3.8, 4) is 5.69 Å². The van der Waals surface area contributed by atoms with Crippen LogP contribution in [0.4, 0.5) is 0 Å². The van der Waals surface area contributed by atoms with E-state index in [2.05, 4.69) is 26.7 Å². The third-order valence-electron chi connectivity index (χ3n) is 3.82. The van der Waals surface area contributed by atoms with Crippen molar-refractivity contribution >= 4 is 27.5 Å². The largest absolute Gasteiger partial charge is 0.334 e. The Kier molecular flexibility index (Phi) is 3.55. The van der Waals surface area contributed by atoms with Crippen LogP contribution in [0.2, 0.25) is 0 Å². The highest BCUT2D eigenvalue weighted by Gasteiger charge is 2.19. The summed E-state index contributed by atoms with van der Waals surface area (Å²) in [5.74, 6) is 0.104. The van der Waals surface area contributed by atoms with E-state index >= 15 is 0 Å². The molecule has 4 rings (SSSR count). The van der Waals surface area contributed by atoms with Crippen LogP contribution < -0.4 is 5.32 Å². The highest BCUT2D eigenvalue weighted by molar-refractivity contribution is 7.18. The van der Waals surface area contributed by atoms with Gasteiger partial charge in [0.05, 0.1) is 40.2 Å². The molecule has 0 bridgehead atoms. The van der Waals surface area contributed by atoms with E-state index in [1.54, 1.807) is 20.9 Å². The smallest absolute Gasteiger partial charge is 0.236 e. The lowest BCUT2D eigenvalue weighted by atomic mass is 10.3. The van der Waals surface area contributed by atoms with Crippen LogP contribution in [-0.4, -0.2) is 50.4 Å². The maximum Gasteiger partial charge on any atom is 0.236 e. The van der Waals surface area contributed by atoms with Crippen LogP contribution in [0.15, 0.2) is 24.4 Å². The summed E-state index contributed by atoms with van der Waals surface area (Å²) < 4.78 is 2.88. The van der Waals surface area contributed by atoms with Crippen LogP contribution in [0.1, 0.15) is 10.7 Å². The van der Waals surface area contributed by atoms with E-state index in [1.807, 2.05) is 25.3 Å². The van der Waals surface area contributed by atoms with Crippen molar-refractivity contribution < 1.29 is 4.79 Å². The quantitative estimate of drug-likeness (QED) is 0.780. The molecule has 0 radical (unpaired) electrons. The average Bonchev–Trinajstić information content (AvgIpc) is 3.14. The van der Waals surface area contributed by atoms with Crippen LogP contribution >= 0.6 is 11.3 Å². The standard InChI is InChI=1S/C15H16N6OS/c1-10-17-13-3-2-12(6-14(13)23-10)21-9-11(18-19-21)8-20-5-4-16-7-15(20)22/h2-3,6,9,16H,4-5,7-8H2,1H3. The fourth-order valence-electron chi connectivity index (χ4n) is 2.68. The highest BCUT2D eigenvalue weighted by atomic mass is 32.1. The molecule has 8 heteroatoms. The molecule has 1 aliphatic heterocycles. The molecule has 0 aliphatic carbocycles. The van der Waals surface area contributed by atoms with Crippen molar-refractivity contribution in [3.63, 3.8) is 0 Å². The summed E-state index contributed by atoms with van der Waals surface area (Å²) in [6.07, 6.45) is 1.88.